The van der Waals surface area contributed by atoms with Crippen molar-refractivity contribution in [1.29, 1.82) is 0 Å². The molecule has 0 unspecified atom stereocenters. The molecule has 1 aliphatic rings. The van der Waals surface area contributed by atoms with Gasteiger partial charge in [0.1, 0.15) is 12.3 Å². The lowest BCUT2D eigenvalue weighted by atomic mass is 10.2. The number of aromatic nitrogens is 2. The van der Waals surface area contributed by atoms with E-state index in [0.717, 1.165) is 23.1 Å². The van der Waals surface area contributed by atoms with Crippen molar-refractivity contribution in [2.75, 3.05) is 12.4 Å². The lowest BCUT2D eigenvalue weighted by Gasteiger charge is -2.12. The summed E-state index contributed by atoms with van der Waals surface area (Å²) in [7, 11) is 1.48. The standard InChI is InChI=1S/C17H17BrF3N3O2/c1-9-3-6-12(26-2)11(7-9)22-13(25)8-24-15(10-4-5-10)14(18)16(23-24)17(19,20)21/h3,6-7,10H,4-5,8H2,1-2H3,(H,22,25). The average molecular weight is 432 g/mol. The third-order valence-corrected chi connectivity index (χ3v) is 4.87. The number of carbonyl (C=O) groups is 1. The van der Waals surface area contributed by atoms with E-state index in [4.69, 9.17) is 4.74 Å². The minimum atomic E-state index is -4.58. The van der Waals surface area contributed by atoms with Crippen molar-refractivity contribution in [3.05, 3.63) is 39.6 Å². The first-order chi connectivity index (χ1) is 12.2. The molecule has 2 aromatic rings. The highest BCUT2D eigenvalue weighted by Crippen LogP contribution is 2.47. The van der Waals surface area contributed by atoms with Gasteiger partial charge in [-0.15, -0.1) is 0 Å². The molecule has 1 aliphatic carbocycles. The summed E-state index contributed by atoms with van der Waals surface area (Å²) in [6.07, 6.45) is -3.01. The molecule has 5 nitrogen and oxygen atoms in total. The zero-order chi connectivity index (χ0) is 19.1. The van der Waals surface area contributed by atoms with E-state index in [1.807, 2.05) is 13.0 Å². The third kappa shape index (κ3) is 3.87. The smallest absolute Gasteiger partial charge is 0.436 e. The SMILES string of the molecule is COc1ccc(C)cc1NC(=O)Cn1nc(C(F)(F)F)c(Br)c1C1CC1. The minimum Gasteiger partial charge on any atom is -0.495 e. The van der Waals surface area contributed by atoms with E-state index >= 15 is 0 Å². The summed E-state index contributed by atoms with van der Waals surface area (Å²) in [5, 5.41) is 6.32. The highest BCUT2D eigenvalue weighted by molar-refractivity contribution is 9.10. The molecule has 140 valence electrons. The Morgan fingerprint density at radius 1 is 1.42 bits per heavy atom. The Balaban J connectivity index is 1.85. The fraction of sp³-hybridized carbons (Fsp3) is 0.412. The fourth-order valence-corrected chi connectivity index (χ4v) is 3.58. The summed E-state index contributed by atoms with van der Waals surface area (Å²) in [5.41, 5.74) is 0.803. The van der Waals surface area contributed by atoms with Gasteiger partial charge in [-0.2, -0.15) is 18.3 Å². The number of amides is 1. The van der Waals surface area contributed by atoms with Crippen molar-refractivity contribution in [3.63, 3.8) is 0 Å². The number of rotatable bonds is 5. The van der Waals surface area contributed by atoms with Gasteiger partial charge in [0.05, 0.1) is 23.0 Å². The molecule has 0 saturated heterocycles. The predicted molar refractivity (Wildman–Crippen MR) is 93.3 cm³/mol. The van der Waals surface area contributed by atoms with Crippen molar-refractivity contribution in [2.45, 2.75) is 38.4 Å². The maximum absolute atomic E-state index is 13.1. The number of hydrogen-bond acceptors (Lipinski definition) is 3. The van der Waals surface area contributed by atoms with E-state index in [1.54, 1.807) is 12.1 Å². The van der Waals surface area contributed by atoms with Crippen LogP contribution in [-0.4, -0.2) is 22.8 Å². The van der Waals surface area contributed by atoms with E-state index in [0.29, 0.717) is 17.1 Å². The van der Waals surface area contributed by atoms with Crippen LogP contribution < -0.4 is 10.1 Å². The van der Waals surface area contributed by atoms with Crippen LogP contribution in [0.2, 0.25) is 0 Å². The van der Waals surface area contributed by atoms with E-state index in [2.05, 4.69) is 26.3 Å². The molecule has 0 radical (unpaired) electrons. The highest BCUT2D eigenvalue weighted by Gasteiger charge is 2.41. The van der Waals surface area contributed by atoms with Gasteiger partial charge in [-0.3, -0.25) is 9.48 Å². The number of aryl methyl sites for hydroxylation is 1. The van der Waals surface area contributed by atoms with E-state index in [9.17, 15) is 18.0 Å². The normalized spacial score (nSPS) is 14.4. The van der Waals surface area contributed by atoms with Crippen LogP contribution in [0.1, 0.15) is 35.7 Å². The Bertz CT molecular complexity index is 845. The first-order valence-corrected chi connectivity index (χ1v) is 8.78. The molecule has 3 rings (SSSR count). The van der Waals surface area contributed by atoms with Crippen LogP contribution in [0.25, 0.3) is 0 Å². The number of halogens is 4. The van der Waals surface area contributed by atoms with Gasteiger partial charge in [0.15, 0.2) is 5.69 Å². The molecule has 0 atom stereocenters. The predicted octanol–water partition coefficient (Wildman–Crippen LogP) is 4.50. The molecular weight excluding hydrogens is 415 g/mol. The maximum atomic E-state index is 13.1. The largest absolute Gasteiger partial charge is 0.495 e. The second-order valence-electron chi connectivity index (χ2n) is 6.23. The van der Waals surface area contributed by atoms with Gasteiger partial charge in [0.2, 0.25) is 5.91 Å². The molecule has 0 aliphatic heterocycles. The van der Waals surface area contributed by atoms with Gasteiger partial charge in [-0.05, 0) is 53.4 Å². The van der Waals surface area contributed by atoms with Crippen LogP contribution in [0.15, 0.2) is 22.7 Å². The summed E-state index contributed by atoms with van der Waals surface area (Å²) in [4.78, 5) is 12.4. The molecule has 1 heterocycles. The fourth-order valence-electron chi connectivity index (χ4n) is 2.75. The summed E-state index contributed by atoms with van der Waals surface area (Å²) in [6, 6.07) is 5.28. The zero-order valence-electron chi connectivity index (χ0n) is 14.2. The Kier molecular flexibility index (Phi) is 5.01. The topological polar surface area (TPSA) is 56.1 Å². The summed E-state index contributed by atoms with van der Waals surface area (Å²) < 4.78 is 45.7. The van der Waals surface area contributed by atoms with Crippen LogP contribution in [0.4, 0.5) is 18.9 Å². The van der Waals surface area contributed by atoms with Gasteiger partial charge >= 0.3 is 6.18 Å². The van der Waals surface area contributed by atoms with Gasteiger partial charge < -0.3 is 10.1 Å². The third-order valence-electron chi connectivity index (χ3n) is 4.09. The minimum absolute atomic E-state index is 0.00530. The molecule has 1 N–H and O–H groups in total. The van der Waals surface area contributed by atoms with Crippen LogP contribution in [0.5, 0.6) is 5.75 Å². The quantitative estimate of drug-likeness (QED) is 0.758. The zero-order valence-corrected chi connectivity index (χ0v) is 15.7. The molecular formula is C17H17BrF3N3O2. The summed E-state index contributed by atoms with van der Waals surface area (Å²) >= 11 is 3.01. The molecule has 1 fully saturated rings. The Labute approximate surface area is 156 Å². The number of hydrogen-bond donors (Lipinski definition) is 1. The molecule has 1 saturated carbocycles. The number of benzene rings is 1. The lowest BCUT2D eigenvalue weighted by molar-refractivity contribution is -0.142. The number of anilines is 1. The van der Waals surface area contributed by atoms with Crippen LogP contribution in [0, 0.1) is 6.92 Å². The monoisotopic (exact) mass is 431 g/mol. The number of alkyl halides is 3. The first kappa shape index (κ1) is 18.8. The van der Waals surface area contributed by atoms with Crippen LogP contribution in [-0.2, 0) is 17.5 Å². The number of carbonyl (C=O) groups excluding carboxylic acids is 1. The molecule has 9 heteroatoms. The van der Waals surface area contributed by atoms with Crippen LogP contribution >= 0.6 is 15.9 Å². The number of ether oxygens (including phenoxy) is 1. The molecule has 0 spiro atoms. The van der Waals surface area contributed by atoms with Gasteiger partial charge in [-0.25, -0.2) is 0 Å². The van der Waals surface area contributed by atoms with Gasteiger partial charge in [0, 0.05) is 5.92 Å². The van der Waals surface area contributed by atoms with Crippen molar-refractivity contribution < 1.29 is 22.7 Å². The van der Waals surface area contributed by atoms with E-state index in [1.165, 1.54) is 7.11 Å². The van der Waals surface area contributed by atoms with Crippen LogP contribution in [0.3, 0.4) is 0 Å². The molecule has 26 heavy (non-hydrogen) atoms. The Morgan fingerprint density at radius 2 is 2.12 bits per heavy atom. The second-order valence-corrected chi connectivity index (χ2v) is 7.02. The van der Waals surface area contributed by atoms with E-state index < -0.39 is 17.8 Å². The van der Waals surface area contributed by atoms with Crippen molar-refractivity contribution in [2.24, 2.45) is 0 Å². The molecule has 1 aromatic carbocycles. The highest BCUT2D eigenvalue weighted by atomic mass is 79.9. The number of nitrogens with one attached hydrogen (secondary N) is 1. The first-order valence-electron chi connectivity index (χ1n) is 7.98. The maximum Gasteiger partial charge on any atom is 0.436 e. The lowest BCUT2D eigenvalue weighted by Crippen LogP contribution is -2.21. The average Bonchev–Trinajstić information content (AvgIpc) is 3.31. The van der Waals surface area contributed by atoms with E-state index in [-0.39, 0.29) is 16.9 Å². The van der Waals surface area contributed by atoms with Gasteiger partial charge in [-0.1, -0.05) is 6.07 Å². The number of methoxy groups -OCH3 is 1. The Hall–Kier alpha value is -2.03. The van der Waals surface area contributed by atoms with Gasteiger partial charge in [0.25, 0.3) is 0 Å². The van der Waals surface area contributed by atoms with Crippen molar-refractivity contribution in [1.82, 2.24) is 9.78 Å². The summed E-state index contributed by atoms with van der Waals surface area (Å²) in [5.74, 6) is -0.00204. The van der Waals surface area contributed by atoms with Crippen molar-refractivity contribution >= 4 is 27.5 Å². The number of nitrogens with zero attached hydrogens (tertiary/aromatic N) is 2. The van der Waals surface area contributed by atoms with Crippen molar-refractivity contribution in [3.8, 4) is 5.75 Å². The Morgan fingerprint density at radius 3 is 2.69 bits per heavy atom. The molecule has 0 bridgehead atoms. The summed E-state index contributed by atoms with van der Waals surface area (Å²) in [6.45, 7) is 1.55. The second kappa shape index (κ2) is 6.94. The molecule has 1 aromatic heterocycles. The molecule has 1 amide bonds.